The fourth-order valence-electron chi connectivity index (χ4n) is 2.59. The van der Waals surface area contributed by atoms with Crippen molar-refractivity contribution in [1.29, 1.82) is 0 Å². The van der Waals surface area contributed by atoms with Crippen molar-refractivity contribution >= 4 is 39.0 Å². The molecule has 3 rings (SSSR count). The van der Waals surface area contributed by atoms with Crippen molar-refractivity contribution in [2.75, 3.05) is 25.1 Å². The fourth-order valence-corrected chi connectivity index (χ4v) is 3.55. The average molecular weight is 401 g/mol. The topological polar surface area (TPSA) is 99.5 Å². The summed E-state index contributed by atoms with van der Waals surface area (Å²) in [5.41, 5.74) is 0.0711. The van der Waals surface area contributed by atoms with Gasteiger partial charge < -0.3 is 14.8 Å². The highest BCUT2D eigenvalue weighted by molar-refractivity contribution is 7.16. The summed E-state index contributed by atoms with van der Waals surface area (Å²) in [7, 11) is 0. The molecule has 9 heteroatoms. The van der Waals surface area contributed by atoms with Gasteiger partial charge in [-0.3, -0.25) is 9.59 Å². The van der Waals surface area contributed by atoms with Gasteiger partial charge in [0.15, 0.2) is 5.69 Å². The van der Waals surface area contributed by atoms with Gasteiger partial charge in [-0.2, -0.15) is 9.78 Å². The molecule has 28 heavy (non-hydrogen) atoms. The molecule has 0 spiro atoms. The first-order valence-corrected chi connectivity index (χ1v) is 9.59. The fraction of sp³-hybridized carbons (Fsp3) is 0.263. The zero-order valence-electron chi connectivity index (χ0n) is 15.4. The molecule has 0 unspecified atom stereocenters. The van der Waals surface area contributed by atoms with Crippen LogP contribution in [0.2, 0.25) is 0 Å². The zero-order chi connectivity index (χ0) is 20.1. The second-order valence-electron chi connectivity index (χ2n) is 5.66. The van der Waals surface area contributed by atoms with E-state index in [-0.39, 0.29) is 30.2 Å². The van der Waals surface area contributed by atoms with Gasteiger partial charge in [-0.1, -0.05) is 18.2 Å². The van der Waals surface area contributed by atoms with E-state index in [2.05, 4.69) is 10.4 Å². The SMILES string of the molecule is CCOCC(=O)Nc1scc2c(C(=O)OCC)nn(-c3ccccc3)c(=O)c12. The predicted octanol–water partition coefficient (Wildman–Crippen LogP) is 2.60. The lowest BCUT2D eigenvalue weighted by Gasteiger charge is -2.09. The van der Waals surface area contributed by atoms with E-state index in [1.165, 1.54) is 0 Å². The molecule has 146 valence electrons. The van der Waals surface area contributed by atoms with Gasteiger partial charge in [0.05, 0.1) is 17.7 Å². The number of anilines is 1. The molecule has 0 aliphatic rings. The lowest BCUT2D eigenvalue weighted by Crippen LogP contribution is -2.26. The molecule has 0 bridgehead atoms. The summed E-state index contributed by atoms with van der Waals surface area (Å²) in [5.74, 6) is -1.02. The van der Waals surface area contributed by atoms with E-state index >= 15 is 0 Å². The van der Waals surface area contributed by atoms with E-state index in [1.54, 1.807) is 43.5 Å². The van der Waals surface area contributed by atoms with Crippen LogP contribution in [0.4, 0.5) is 5.00 Å². The molecule has 0 saturated heterocycles. The summed E-state index contributed by atoms with van der Waals surface area (Å²) < 4.78 is 11.3. The van der Waals surface area contributed by atoms with Crippen molar-refractivity contribution in [3.63, 3.8) is 0 Å². The van der Waals surface area contributed by atoms with Gasteiger partial charge in [-0.15, -0.1) is 11.3 Å². The van der Waals surface area contributed by atoms with Crippen LogP contribution in [0, 0.1) is 0 Å². The van der Waals surface area contributed by atoms with Gasteiger partial charge in [0.1, 0.15) is 11.6 Å². The van der Waals surface area contributed by atoms with Crippen LogP contribution in [0.5, 0.6) is 0 Å². The van der Waals surface area contributed by atoms with Crippen LogP contribution in [0.1, 0.15) is 24.3 Å². The van der Waals surface area contributed by atoms with Crippen LogP contribution in [0.15, 0.2) is 40.5 Å². The van der Waals surface area contributed by atoms with Crippen molar-refractivity contribution in [3.8, 4) is 5.69 Å². The monoisotopic (exact) mass is 401 g/mol. The van der Waals surface area contributed by atoms with E-state index in [1.807, 2.05) is 6.07 Å². The summed E-state index contributed by atoms with van der Waals surface area (Å²) >= 11 is 1.14. The summed E-state index contributed by atoms with van der Waals surface area (Å²) in [6.07, 6.45) is 0. The van der Waals surface area contributed by atoms with E-state index < -0.39 is 11.5 Å². The van der Waals surface area contributed by atoms with Crippen molar-refractivity contribution in [3.05, 3.63) is 51.8 Å². The lowest BCUT2D eigenvalue weighted by atomic mass is 10.2. The Morgan fingerprint density at radius 1 is 1.18 bits per heavy atom. The minimum absolute atomic E-state index is 0.0156. The number of nitrogens with one attached hydrogen (secondary N) is 1. The number of fused-ring (bicyclic) bond motifs is 1. The van der Waals surface area contributed by atoms with Gasteiger partial charge in [-0.05, 0) is 26.0 Å². The molecule has 2 heterocycles. The Balaban J connectivity index is 2.18. The quantitative estimate of drug-likeness (QED) is 0.611. The number of thiophene rings is 1. The Kier molecular flexibility index (Phi) is 6.17. The molecular weight excluding hydrogens is 382 g/mol. The van der Waals surface area contributed by atoms with Gasteiger partial charge in [0.25, 0.3) is 11.5 Å². The molecule has 2 aromatic heterocycles. The Morgan fingerprint density at radius 2 is 1.93 bits per heavy atom. The number of para-hydroxylation sites is 1. The molecule has 1 aromatic carbocycles. The third kappa shape index (κ3) is 3.95. The molecule has 0 fully saturated rings. The van der Waals surface area contributed by atoms with Crippen LogP contribution >= 0.6 is 11.3 Å². The zero-order valence-corrected chi connectivity index (χ0v) is 16.2. The molecule has 0 saturated carbocycles. The highest BCUT2D eigenvalue weighted by Gasteiger charge is 2.23. The molecule has 0 aliphatic heterocycles. The number of rotatable bonds is 7. The number of benzene rings is 1. The number of hydrogen-bond donors (Lipinski definition) is 1. The van der Waals surface area contributed by atoms with Crippen molar-refractivity contribution in [1.82, 2.24) is 9.78 Å². The summed E-state index contributed by atoms with van der Waals surface area (Å²) in [6.45, 7) is 3.92. The number of nitrogens with zero attached hydrogens (tertiary/aromatic N) is 2. The average Bonchev–Trinajstić information content (AvgIpc) is 3.11. The van der Waals surface area contributed by atoms with Crippen LogP contribution in [0.3, 0.4) is 0 Å². The minimum Gasteiger partial charge on any atom is -0.461 e. The van der Waals surface area contributed by atoms with E-state index in [0.29, 0.717) is 22.7 Å². The van der Waals surface area contributed by atoms with Gasteiger partial charge in [0.2, 0.25) is 0 Å². The Bertz CT molecular complexity index is 1060. The Morgan fingerprint density at radius 3 is 2.61 bits per heavy atom. The first kappa shape index (κ1) is 19.7. The predicted molar refractivity (Wildman–Crippen MR) is 106 cm³/mol. The highest BCUT2D eigenvalue weighted by atomic mass is 32.1. The number of carbonyl (C=O) groups excluding carboxylic acids is 2. The lowest BCUT2D eigenvalue weighted by molar-refractivity contribution is -0.120. The maximum atomic E-state index is 13.1. The third-order valence-corrected chi connectivity index (χ3v) is 4.71. The molecule has 0 radical (unpaired) electrons. The summed E-state index contributed by atoms with van der Waals surface area (Å²) in [6, 6.07) is 8.74. The molecule has 3 aromatic rings. The number of hydrogen-bond acceptors (Lipinski definition) is 7. The molecule has 0 atom stereocenters. The molecule has 8 nitrogen and oxygen atoms in total. The van der Waals surface area contributed by atoms with Gasteiger partial charge >= 0.3 is 5.97 Å². The first-order chi connectivity index (χ1) is 13.6. The number of amides is 1. The summed E-state index contributed by atoms with van der Waals surface area (Å²) in [4.78, 5) is 37.6. The minimum atomic E-state index is -0.637. The molecule has 1 amide bonds. The van der Waals surface area contributed by atoms with Crippen LogP contribution < -0.4 is 10.9 Å². The van der Waals surface area contributed by atoms with Crippen LogP contribution in [-0.2, 0) is 14.3 Å². The maximum Gasteiger partial charge on any atom is 0.359 e. The van der Waals surface area contributed by atoms with E-state index in [4.69, 9.17) is 9.47 Å². The van der Waals surface area contributed by atoms with Crippen molar-refractivity contribution in [2.24, 2.45) is 0 Å². The normalized spacial score (nSPS) is 10.8. The number of ether oxygens (including phenoxy) is 2. The number of aromatic nitrogens is 2. The number of esters is 1. The highest BCUT2D eigenvalue weighted by Crippen LogP contribution is 2.30. The second kappa shape index (κ2) is 8.77. The Labute approximate surface area is 164 Å². The van der Waals surface area contributed by atoms with E-state index in [9.17, 15) is 14.4 Å². The summed E-state index contributed by atoms with van der Waals surface area (Å²) in [5, 5.41) is 9.40. The van der Waals surface area contributed by atoms with Crippen LogP contribution in [0.25, 0.3) is 16.5 Å². The smallest absolute Gasteiger partial charge is 0.359 e. The third-order valence-electron chi connectivity index (χ3n) is 3.81. The molecule has 0 aliphatic carbocycles. The first-order valence-electron chi connectivity index (χ1n) is 8.71. The largest absolute Gasteiger partial charge is 0.461 e. The molecular formula is C19H19N3O5S. The maximum absolute atomic E-state index is 13.1. The van der Waals surface area contributed by atoms with Crippen molar-refractivity contribution in [2.45, 2.75) is 13.8 Å². The Hall–Kier alpha value is -3.04. The van der Waals surface area contributed by atoms with E-state index in [0.717, 1.165) is 16.0 Å². The number of carbonyl (C=O) groups is 2. The standard InChI is InChI=1S/C19H19N3O5S/c1-3-26-10-14(23)20-17-15-13(11-28-17)16(19(25)27-4-2)21-22(18(15)24)12-8-6-5-7-9-12/h5-9,11H,3-4,10H2,1-2H3,(H,20,23). The second-order valence-corrected chi connectivity index (χ2v) is 6.54. The van der Waals surface area contributed by atoms with Gasteiger partial charge in [0, 0.05) is 17.4 Å². The van der Waals surface area contributed by atoms with Crippen molar-refractivity contribution < 1.29 is 19.1 Å². The molecule has 1 N–H and O–H groups in total. The van der Waals surface area contributed by atoms with Crippen LogP contribution in [-0.4, -0.2) is 41.5 Å². The van der Waals surface area contributed by atoms with Gasteiger partial charge in [-0.25, -0.2) is 4.79 Å².